The van der Waals surface area contributed by atoms with Crippen LogP contribution in [0, 0.1) is 0 Å². The van der Waals surface area contributed by atoms with Crippen LogP contribution in [-0.2, 0) is 15.1 Å². The van der Waals surface area contributed by atoms with E-state index in [4.69, 9.17) is 10.5 Å². The Labute approximate surface area is 125 Å². The number of thiazole rings is 1. The molecule has 0 saturated carbocycles. The lowest BCUT2D eigenvalue weighted by atomic mass is 9.85. The van der Waals surface area contributed by atoms with Crippen molar-refractivity contribution in [3.05, 3.63) is 53.1 Å². The van der Waals surface area contributed by atoms with Gasteiger partial charge in [-0.2, -0.15) is 0 Å². The van der Waals surface area contributed by atoms with Crippen LogP contribution in [0.1, 0.15) is 5.01 Å². The summed E-state index contributed by atoms with van der Waals surface area (Å²) in [5.74, 6) is -1.05. The molecule has 0 bridgehead atoms. The largest absolute Gasteiger partial charge is 0.478 e. The van der Waals surface area contributed by atoms with Crippen molar-refractivity contribution in [1.29, 1.82) is 0 Å². The highest BCUT2D eigenvalue weighted by atomic mass is 32.1. The first-order valence-corrected chi connectivity index (χ1v) is 7.19. The first-order valence-electron chi connectivity index (χ1n) is 6.38. The first-order chi connectivity index (χ1) is 10.1. The second-order valence-corrected chi connectivity index (χ2v) is 5.78. The Bertz CT molecular complexity index is 732. The van der Waals surface area contributed by atoms with Crippen LogP contribution in [0.3, 0.4) is 0 Å². The molecule has 6 heteroatoms. The minimum absolute atomic E-state index is 0.110. The highest BCUT2D eigenvalue weighted by molar-refractivity contribution is 7.18. The summed E-state index contributed by atoms with van der Waals surface area (Å²) in [5.41, 5.74) is 6.07. The SMILES string of the molecule is COC1(c2nc3ccccc3s2)C=CC=C(C(=O)O)C1N. The Morgan fingerprint density at radius 2 is 2.24 bits per heavy atom. The molecule has 0 spiro atoms. The van der Waals surface area contributed by atoms with Crippen LogP contribution in [0.25, 0.3) is 10.2 Å². The van der Waals surface area contributed by atoms with Gasteiger partial charge in [0.15, 0.2) is 5.60 Å². The third-order valence-corrected chi connectivity index (χ3v) is 4.80. The van der Waals surface area contributed by atoms with Crippen molar-refractivity contribution in [2.75, 3.05) is 7.11 Å². The molecular weight excluding hydrogens is 288 g/mol. The molecule has 2 unspecified atom stereocenters. The zero-order valence-electron chi connectivity index (χ0n) is 11.3. The maximum atomic E-state index is 11.3. The number of nitrogens with two attached hydrogens (primary N) is 1. The fraction of sp³-hybridized carbons (Fsp3) is 0.200. The van der Waals surface area contributed by atoms with Crippen LogP contribution >= 0.6 is 11.3 Å². The van der Waals surface area contributed by atoms with E-state index >= 15 is 0 Å². The number of rotatable bonds is 3. The Morgan fingerprint density at radius 1 is 1.48 bits per heavy atom. The van der Waals surface area contributed by atoms with Crippen LogP contribution in [0.5, 0.6) is 0 Å². The summed E-state index contributed by atoms with van der Waals surface area (Å²) < 4.78 is 6.63. The van der Waals surface area contributed by atoms with E-state index in [1.54, 1.807) is 12.2 Å². The van der Waals surface area contributed by atoms with Crippen molar-refractivity contribution in [2.24, 2.45) is 5.73 Å². The van der Waals surface area contributed by atoms with Crippen molar-refractivity contribution >= 4 is 27.5 Å². The van der Waals surface area contributed by atoms with E-state index in [1.807, 2.05) is 24.3 Å². The molecule has 3 rings (SSSR count). The minimum Gasteiger partial charge on any atom is -0.478 e. The van der Waals surface area contributed by atoms with Crippen molar-refractivity contribution in [3.8, 4) is 0 Å². The van der Waals surface area contributed by atoms with Gasteiger partial charge in [0.1, 0.15) is 5.01 Å². The minimum atomic E-state index is -1.05. The van der Waals surface area contributed by atoms with Crippen molar-refractivity contribution in [2.45, 2.75) is 11.6 Å². The fourth-order valence-corrected chi connectivity index (χ4v) is 3.62. The average molecular weight is 302 g/mol. The summed E-state index contributed by atoms with van der Waals surface area (Å²) in [6.45, 7) is 0. The molecule has 1 aliphatic rings. The monoisotopic (exact) mass is 302 g/mol. The normalized spacial score (nSPS) is 25.0. The Hall–Kier alpha value is -2.02. The van der Waals surface area contributed by atoms with Crippen LogP contribution in [-0.4, -0.2) is 29.2 Å². The third kappa shape index (κ3) is 2.08. The highest BCUT2D eigenvalue weighted by Gasteiger charge is 2.44. The quantitative estimate of drug-likeness (QED) is 0.906. The summed E-state index contributed by atoms with van der Waals surface area (Å²) in [6, 6.07) is 6.90. The van der Waals surface area contributed by atoms with Crippen LogP contribution in [0.4, 0.5) is 0 Å². The van der Waals surface area contributed by atoms with Gasteiger partial charge >= 0.3 is 5.97 Å². The Kier molecular flexibility index (Phi) is 3.36. The van der Waals surface area contributed by atoms with Crippen molar-refractivity contribution < 1.29 is 14.6 Å². The lowest BCUT2D eigenvalue weighted by molar-refractivity contribution is -0.133. The molecule has 1 aromatic heterocycles. The predicted molar refractivity (Wildman–Crippen MR) is 81.1 cm³/mol. The second kappa shape index (κ2) is 5.07. The van der Waals surface area contributed by atoms with Gasteiger partial charge in [-0.1, -0.05) is 24.3 Å². The number of carboxylic acids is 1. The molecule has 0 radical (unpaired) electrons. The molecule has 108 valence electrons. The number of para-hydroxylation sites is 1. The highest BCUT2D eigenvalue weighted by Crippen LogP contribution is 2.39. The molecule has 0 aliphatic heterocycles. The molecule has 1 aromatic carbocycles. The van der Waals surface area contributed by atoms with Crippen molar-refractivity contribution in [1.82, 2.24) is 4.98 Å². The second-order valence-electron chi connectivity index (χ2n) is 4.75. The molecule has 1 heterocycles. The summed E-state index contributed by atoms with van der Waals surface area (Å²) in [6.07, 6.45) is 4.92. The summed E-state index contributed by atoms with van der Waals surface area (Å²) >= 11 is 1.46. The predicted octanol–water partition coefficient (Wildman–Crippen LogP) is 2.05. The van der Waals surface area contributed by atoms with Gasteiger partial charge in [-0.3, -0.25) is 0 Å². The van der Waals surface area contributed by atoms with Gasteiger partial charge in [0, 0.05) is 7.11 Å². The van der Waals surface area contributed by atoms with Crippen LogP contribution in [0.15, 0.2) is 48.1 Å². The maximum absolute atomic E-state index is 11.3. The smallest absolute Gasteiger partial charge is 0.333 e. The number of hydrogen-bond acceptors (Lipinski definition) is 5. The van der Waals surface area contributed by atoms with Crippen molar-refractivity contribution in [3.63, 3.8) is 0 Å². The molecule has 5 nitrogen and oxygen atoms in total. The number of nitrogens with zero attached hydrogens (tertiary/aromatic N) is 1. The lowest BCUT2D eigenvalue weighted by Gasteiger charge is -2.35. The van der Waals surface area contributed by atoms with Gasteiger partial charge in [-0.05, 0) is 18.2 Å². The standard InChI is InChI=1S/C15H14N2O3S/c1-20-15(8-4-5-9(12(15)16)13(18)19)14-17-10-6-2-3-7-11(10)21-14/h2-8,12H,16H2,1H3,(H,18,19). The number of carbonyl (C=O) groups is 1. The number of benzene rings is 1. The first kappa shape index (κ1) is 13.9. The Morgan fingerprint density at radius 3 is 2.90 bits per heavy atom. The molecule has 21 heavy (non-hydrogen) atoms. The number of methoxy groups -OCH3 is 1. The zero-order valence-corrected chi connectivity index (χ0v) is 12.1. The number of fused-ring (bicyclic) bond motifs is 1. The molecule has 0 saturated heterocycles. The van der Waals surface area contributed by atoms with Gasteiger partial charge in [0.05, 0.1) is 21.8 Å². The lowest BCUT2D eigenvalue weighted by Crippen LogP contribution is -2.49. The summed E-state index contributed by atoms with van der Waals surface area (Å²) in [5, 5.41) is 9.92. The number of ether oxygens (including phenoxy) is 1. The third-order valence-electron chi connectivity index (χ3n) is 3.63. The summed E-state index contributed by atoms with van der Waals surface area (Å²) in [7, 11) is 1.51. The number of hydrogen-bond donors (Lipinski definition) is 2. The summed E-state index contributed by atoms with van der Waals surface area (Å²) in [4.78, 5) is 15.9. The molecule has 0 fully saturated rings. The van der Waals surface area contributed by atoms with Gasteiger partial charge < -0.3 is 15.6 Å². The van der Waals surface area contributed by atoms with Gasteiger partial charge in [-0.15, -0.1) is 11.3 Å². The topological polar surface area (TPSA) is 85.4 Å². The number of aromatic nitrogens is 1. The molecule has 2 aromatic rings. The van der Waals surface area contributed by atoms with E-state index in [2.05, 4.69) is 4.98 Å². The van der Waals surface area contributed by atoms with E-state index in [0.29, 0.717) is 5.01 Å². The zero-order chi connectivity index (χ0) is 15.0. The number of aliphatic carboxylic acids is 1. The molecule has 1 aliphatic carbocycles. The van der Waals surface area contributed by atoms with E-state index in [-0.39, 0.29) is 5.57 Å². The van der Waals surface area contributed by atoms with Crippen LogP contribution < -0.4 is 5.73 Å². The van der Waals surface area contributed by atoms with Gasteiger partial charge in [0.2, 0.25) is 0 Å². The van der Waals surface area contributed by atoms with E-state index in [0.717, 1.165) is 10.2 Å². The number of allylic oxidation sites excluding steroid dienone is 2. The molecule has 0 amide bonds. The fourth-order valence-electron chi connectivity index (χ4n) is 2.46. The van der Waals surface area contributed by atoms with E-state index in [9.17, 15) is 9.90 Å². The average Bonchev–Trinajstić information content (AvgIpc) is 2.91. The van der Waals surface area contributed by atoms with Crippen LogP contribution in [0.2, 0.25) is 0 Å². The maximum Gasteiger partial charge on any atom is 0.333 e. The molecule has 2 atom stereocenters. The Balaban J connectivity index is 2.14. The number of carboxylic acid groups (broad SMARTS) is 1. The van der Waals surface area contributed by atoms with Gasteiger partial charge in [0.25, 0.3) is 0 Å². The van der Waals surface area contributed by atoms with E-state index in [1.165, 1.54) is 24.5 Å². The van der Waals surface area contributed by atoms with Gasteiger partial charge in [-0.25, -0.2) is 9.78 Å². The molecular formula is C15H14N2O3S. The molecule has 3 N–H and O–H groups in total. The van der Waals surface area contributed by atoms with E-state index < -0.39 is 17.6 Å².